The van der Waals surface area contributed by atoms with Gasteiger partial charge in [-0.1, -0.05) is 30.3 Å². The second kappa shape index (κ2) is 8.22. The summed E-state index contributed by atoms with van der Waals surface area (Å²) in [6.07, 6.45) is 0.864. The van der Waals surface area contributed by atoms with Gasteiger partial charge in [0.25, 0.3) is 11.8 Å². The van der Waals surface area contributed by atoms with Crippen molar-refractivity contribution in [3.05, 3.63) is 69.6 Å². The van der Waals surface area contributed by atoms with Crippen LogP contribution in [0.3, 0.4) is 0 Å². The Labute approximate surface area is 165 Å². The Balaban J connectivity index is 1.70. The Hall–Kier alpha value is -3.54. The van der Waals surface area contributed by atoms with E-state index in [4.69, 9.17) is 5.26 Å². The van der Waals surface area contributed by atoms with Gasteiger partial charge in [0.2, 0.25) is 11.5 Å². The SMILES string of the molecule is N#CC1CC(F)(F)CN1C(=O)CNC(=O)c1c[nH]c(=O)cc1Cc1ccccc1. The molecule has 1 unspecified atom stereocenters. The summed E-state index contributed by atoms with van der Waals surface area (Å²) in [6, 6.07) is 11.0. The lowest BCUT2D eigenvalue weighted by Crippen LogP contribution is -2.43. The van der Waals surface area contributed by atoms with Crippen molar-refractivity contribution in [3.8, 4) is 6.07 Å². The van der Waals surface area contributed by atoms with E-state index in [-0.39, 0.29) is 11.1 Å². The molecule has 29 heavy (non-hydrogen) atoms. The topological polar surface area (TPSA) is 106 Å². The van der Waals surface area contributed by atoms with Gasteiger partial charge in [-0.15, -0.1) is 0 Å². The number of nitriles is 1. The van der Waals surface area contributed by atoms with Crippen LogP contribution < -0.4 is 10.9 Å². The van der Waals surface area contributed by atoms with Crippen molar-refractivity contribution in [2.75, 3.05) is 13.1 Å². The van der Waals surface area contributed by atoms with E-state index in [0.717, 1.165) is 10.5 Å². The van der Waals surface area contributed by atoms with Crippen molar-refractivity contribution in [2.45, 2.75) is 24.8 Å². The number of aromatic amines is 1. The summed E-state index contributed by atoms with van der Waals surface area (Å²) in [5, 5.41) is 11.4. The number of aromatic nitrogens is 1. The molecule has 7 nitrogen and oxygen atoms in total. The van der Waals surface area contributed by atoms with Crippen molar-refractivity contribution >= 4 is 11.8 Å². The first-order chi connectivity index (χ1) is 13.8. The van der Waals surface area contributed by atoms with Crippen LogP contribution in [0.2, 0.25) is 0 Å². The fraction of sp³-hybridized carbons (Fsp3) is 0.300. The minimum Gasteiger partial charge on any atom is -0.343 e. The number of amides is 2. The number of H-pyrrole nitrogens is 1. The van der Waals surface area contributed by atoms with Crippen molar-refractivity contribution < 1.29 is 18.4 Å². The molecule has 1 aromatic carbocycles. The summed E-state index contributed by atoms with van der Waals surface area (Å²) in [5.74, 6) is -4.52. The molecule has 1 aliphatic rings. The molecule has 1 aromatic heterocycles. The number of pyridine rings is 1. The third-order valence-corrected chi connectivity index (χ3v) is 4.63. The summed E-state index contributed by atoms with van der Waals surface area (Å²) in [4.78, 5) is 39.7. The molecule has 2 N–H and O–H groups in total. The lowest BCUT2D eigenvalue weighted by atomic mass is 10.0. The molecule has 0 saturated carbocycles. The molecular weight excluding hydrogens is 382 g/mol. The maximum absolute atomic E-state index is 13.5. The van der Waals surface area contributed by atoms with E-state index in [1.165, 1.54) is 12.3 Å². The number of nitrogens with one attached hydrogen (secondary N) is 2. The highest BCUT2D eigenvalue weighted by Gasteiger charge is 2.47. The number of benzene rings is 1. The van der Waals surface area contributed by atoms with Crippen LogP contribution in [-0.4, -0.2) is 46.8 Å². The lowest BCUT2D eigenvalue weighted by molar-refractivity contribution is -0.131. The maximum Gasteiger partial charge on any atom is 0.268 e. The average molecular weight is 400 g/mol. The standard InChI is InChI=1S/C20H18F2N4O3/c21-20(22)8-15(9-23)26(12-20)18(28)11-25-19(29)16-10-24-17(27)7-14(16)6-13-4-2-1-3-5-13/h1-5,7,10,15H,6,8,11-12H2,(H,24,27)(H,25,29). The van der Waals surface area contributed by atoms with E-state index in [2.05, 4.69) is 10.3 Å². The molecule has 2 amide bonds. The molecule has 2 aromatic rings. The highest BCUT2D eigenvalue weighted by molar-refractivity contribution is 5.97. The van der Waals surface area contributed by atoms with E-state index in [0.29, 0.717) is 12.0 Å². The number of hydrogen-bond acceptors (Lipinski definition) is 4. The van der Waals surface area contributed by atoms with Gasteiger partial charge in [0.15, 0.2) is 0 Å². The van der Waals surface area contributed by atoms with Crippen LogP contribution in [0.15, 0.2) is 47.4 Å². The maximum atomic E-state index is 13.5. The average Bonchev–Trinajstić information content (AvgIpc) is 3.01. The van der Waals surface area contributed by atoms with Crippen LogP contribution >= 0.6 is 0 Å². The van der Waals surface area contributed by atoms with Crippen LogP contribution in [-0.2, 0) is 11.2 Å². The Morgan fingerprint density at radius 2 is 2.03 bits per heavy atom. The van der Waals surface area contributed by atoms with Crippen LogP contribution in [0, 0.1) is 11.3 Å². The zero-order chi connectivity index (χ0) is 21.0. The summed E-state index contributed by atoms with van der Waals surface area (Å²) >= 11 is 0. The molecule has 1 fully saturated rings. The molecular formula is C20H18F2N4O3. The minimum absolute atomic E-state index is 0.171. The second-order valence-electron chi connectivity index (χ2n) is 6.81. The molecule has 0 bridgehead atoms. The van der Waals surface area contributed by atoms with Crippen LogP contribution in [0.4, 0.5) is 8.78 Å². The number of halogens is 2. The van der Waals surface area contributed by atoms with Crippen molar-refractivity contribution in [2.24, 2.45) is 0 Å². The molecule has 1 saturated heterocycles. The molecule has 150 valence electrons. The third kappa shape index (κ3) is 4.85. The first-order valence-electron chi connectivity index (χ1n) is 8.90. The number of nitrogens with zero attached hydrogens (tertiary/aromatic N) is 2. The largest absolute Gasteiger partial charge is 0.343 e. The predicted molar refractivity (Wildman–Crippen MR) is 99.3 cm³/mol. The zero-order valence-corrected chi connectivity index (χ0v) is 15.3. The van der Waals surface area contributed by atoms with Gasteiger partial charge in [-0.3, -0.25) is 14.4 Å². The number of rotatable bonds is 5. The summed E-state index contributed by atoms with van der Waals surface area (Å²) in [6.45, 7) is -1.38. The smallest absolute Gasteiger partial charge is 0.268 e. The van der Waals surface area contributed by atoms with Crippen molar-refractivity contribution in [3.63, 3.8) is 0 Å². The number of likely N-dealkylation sites (tertiary alicyclic amines) is 1. The highest BCUT2D eigenvalue weighted by Crippen LogP contribution is 2.31. The minimum atomic E-state index is -3.12. The van der Waals surface area contributed by atoms with Gasteiger partial charge in [-0.25, -0.2) is 8.78 Å². The van der Waals surface area contributed by atoms with Crippen molar-refractivity contribution in [1.29, 1.82) is 5.26 Å². The van der Waals surface area contributed by atoms with E-state index in [1.54, 1.807) is 6.07 Å². The monoisotopic (exact) mass is 400 g/mol. The second-order valence-corrected chi connectivity index (χ2v) is 6.81. The molecule has 0 spiro atoms. The van der Waals surface area contributed by atoms with Crippen LogP contribution in [0.5, 0.6) is 0 Å². The Kier molecular flexibility index (Phi) is 5.73. The van der Waals surface area contributed by atoms with Crippen molar-refractivity contribution in [1.82, 2.24) is 15.2 Å². The summed E-state index contributed by atoms with van der Waals surface area (Å²) in [5.41, 5.74) is 1.15. The Morgan fingerprint density at radius 1 is 1.31 bits per heavy atom. The first kappa shape index (κ1) is 20.2. The van der Waals surface area contributed by atoms with E-state index in [1.807, 2.05) is 30.3 Å². The van der Waals surface area contributed by atoms with Gasteiger partial charge >= 0.3 is 0 Å². The molecule has 3 rings (SSSR count). The summed E-state index contributed by atoms with van der Waals surface area (Å²) in [7, 11) is 0. The number of carbonyl (C=O) groups excluding carboxylic acids is 2. The van der Waals surface area contributed by atoms with E-state index < -0.39 is 43.3 Å². The summed E-state index contributed by atoms with van der Waals surface area (Å²) < 4.78 is 27.0. The third-order valence-electron chi connectivity index (χ3n) is 4.63. The normalized spacial score (nSPS) is 17.6. The molecule has 2 heterocycles. The Bertz CT molecular complexity index is 1010. The van der Waals surface area contributed by atoms with Gasteiger partial charge in [0.1, 0.15) is 6.04 Å². The van der Waals surface area contributed by atoms with Gasteiger partial charge in [0, 0.05) is 18.7 Å². The molecule has 0 radical (unpaired) electrons. The zero-order valence-electron chi connectivity index (χ0n) is 15.3. The quantitative estimate of drug-likeness (QED) is 0.792. The van der Waals surface area contributed by atoms with Gasteiger partial charge in [-0.05, 0) is 17.5 Å². The van der Waals surface area contributed by atoms with E-state index in [9.17, 15) is 23.2 Å². The highest BCUT2D eigenvalue weighted by atomic mass is 19.3. The van der Waals surface area contributed by atoms with Gasteiger partial charge < -0.3 is 15.2 Å². The molecule has 0 aliphatic carbocycles. The number of carbonyl (C=O) groups is 2. The Morgan fingerprint density at radius 3 is 2.72 bits per heavy atom. The lowest BCUT2D eigenvalue weighted by Gasteiger charge is -2.19. The predicted octanol–water partition coefficient (Wildman–Crippen LogP) is 1.46. The fourth-order valence-corrected chi connectivity index (χ4v) is 3.23. The van der Waals surface area contributed by atoms with Gasteiger partial charge in [-0.2, -0.15) is 5.26 Å². The van der Waals surface area contributed by atoms with Crippen LogP contribution in [0.1, 0.15) is 27.9 Å². The molecule has 1 aliphatic heterocycles. The first-order valence-corrected chi connectivity index (χ1v) is 8.90. The number of hydrogen-bond donors (Lipinski definition) is 2. The van der Waals surface area contributed by atoms with E-state index >= 15 is 0 Å². The van der Waals surface area contributed by atoms with Crippen LogP contribution in [0.25, 0.3) is 0 Å². The number of alkyl halides is 2. The molecule has 1 atom stereocenters. The van der Waals surface area contributed by atoms with Gasteiger partial charge in [0.05, 0.1) is 24.7 Å². The molecule has 9 heteroatoms. The fourth-order valence-electron chi connectivity index (χ4n) is 3.23.